The number of rotatable bonds is 8. The average Bonchev–Trinajstić information content (AvgIpc) is 3.48. The van der Waals surface area contributed by atoms with Crippen LogP contribution in [0.25, 0.3) is 22.4 Å². The molecule has 27 heavy (non-hydrogen) atoms. The number of nitrogens with zero attached hydrogens (tertiary/aromatic N) is 4. The van der Waals surface area contributed by atoms with Gasteiger partial charge in [0.25, 0.3) is 23.6 Å². The smallest absolute Gasteiger partial charge is 0.283 e. The van der Waals surface area contributed by atoms with Crippen LogP contribution >= 0.6 is 11.3 Å². The summed E-state index contributed by atoms with van der Waals surface area (Å²) in [5.74, 6) is 2.66. The minimum atomic E-state index is 0.00475. The summed E-state index contributed by atoms with van der Waals surface area (Å²) in [5, 5.41) is 18.6. The maximum atomic E-state index is 5.90. The molecule has 0 aromatic carbocycles. The van der Waals surface area contributed by atoms with E-state index in [1.165, 1.54) is 4.90 Å². The number of hydrogen-bond acceptors (Lipinski definition) is 8. The maximum Gasteiger partial charge on any atom is 0.283 e. The van der Waals surface area contributed by atoms with Gasteiger partial charge in [-0.1, -0.05) is 13.0 Å². The molecule has 4 heterocycles. The summed E-state index contributed by atoms with van der Waals surface area (Å²) in [4.78, 5) is 2.19. The molecular formula is C18H20N5O3S+. The number of nitrogens with one attached hydrogen (secondary N) is 1. The fraction of sp³-hybridized carbons (Fsp3) is 0.333. The third kappa shape index (κ3) is 3.83. The molecule has 9 heteroatoms. The van der Waals surface area contributed by atoms with Crippen molar-refractivity contribution in [2.75, 3.05) is 6.54 Å². The van der Waals surface area contributed by atoms with Crippen LogP contribution in [0.1, 0.15) is 38.1 Å². The van der Waals surface area contributed by atoms with Gasteiger partial charge in [0.2, 0.25) is 0 Å². The first-order valence-electron chi connectivity index (χ1n) is 8.82. The average molecular weight is 386 g/mol. The summed E-state index contributed by atoms with van der Waals surface area (Å²) < 4.78 is 17.0. The van der Waals surface area contributed by atoms with E-state index in [1.807, 2.05) is 17.5 Å². The zero-order chi connectivity index (χ0) is 18.6. The summed E-state index contributed by atoms with van der Waals surface area (Å²) in [5.41, 5.74) is 0. The lowest BCUT2D eigenvalue weighted by Crippen LogP contribution is -3.10. The Bertz CT molecular complexity index is 961. The van der Waals surface area contributed by atoms with Crippen molar-refractivity contribution in [1.29, 1.82) is 0 Å². The highest BCUT2D eigenvalue weighted by Crippen LogP contribution is 2.24. The number of thiophene rings is 1. The molecule has 0 aliphatic heterocycles. The van der Waals surface area contributed by atoms with Gasteiger partial charge in [-0.2, -0.15) is 0 Å². The minimum absolute atomic E-state index is 0.00475. The van der Waals surface area contributed by atoms with E-state index >= 15 is 0 Å². The molecule has 8 nitrogen and oxygen atoms in total. The highest BCUT2D eigenvalue weighted by molar-refractivity contribution is 7.13. The molecule has 0 spiro atoms. The highest BCUT2D eigenvalue weighted by Gasteiger charge is 2.27. The van der Waals surface area contributed by atoms with Crippen molar-refractivity contribution in [1.82, 2.24) is 20.4 Å². The van der Waals surface area contributed by atoms with Crippen LogP contribution in [0.3, 0.4) is 0 Å². The second-order valence-corrected chi connectivity index (χ2v) is 7.16. The van der Waals surface area contributed by atoms with E-state index in [1.54, 1.807) is 29.7 Å². The minimum Gasteiger partial charge on any atom is -0.459 e. The molecule has 0 aliphatic rings. The van der Waals surface area contributed by atoms with Crippen molar-refractivity contribution in [3.05, 3.63) is 47.7 Å². The maximum absolute atomic E-state index is 5.90. The first-order chi connectivity index (χ1) is 13.2. The molecule has 4 rings (SSSR count). The predicted octanol–water partition coefficient (Wildman–Crippen LogP) is 3.00. The fourth-order valence-electron chi connectivity index (χ4n) is 2.88. The molecule has 4 aromatic heterocycles. The molecule has 0 saturated heterocycles. The van der Waals surface area contributed by atoms with Gasteiger partial charge in [-0.15, -0.1) is 31.7 Å². The molecular weight excluding hydrogens is 366 g/mol. The monoisotopic (exact) mass is 386 g/mol. The van der Waals surface area contributed by atoms with Gasteiger partial charge in [0.15, 0.2) is 18.3 Å². The highest BCUT2D eigenvalue weighted by atomic mass is 32.1. The molecule has 140 valence electrons. The summed E-state index contributed by atoms with van der Waals surface area (Å²) in [7, 11) is 0. The Kier molecular flexibility index (Phi) is 5.12. The van der Waals surface area contributed by atoms with Crippen molar-refractivity contribution < 1.29 is 18.2 Å². The summed E-state index contributed by atoms with van der Waals surface area (Å²) in [6.07, 6.45) is 2.58. The van der Waals surface area contributed by atoms with Crippen LogP contribution in [0.15, 0.2) is 49.2 Å². The van der Waals surface area contributed by atoms with E-state index in [2.05, 4.69) is 34.2 Å². The Balaban J connectivity index is 1.50. The van der Waals surface area contributed by atoms with Gasteiger partial charge in [0.1, 0.15) is 0 Å². The van der Waals surface area contributed by atoms with Gasteiger partial charge < -0.3 is 18.2 Å². The van der Waals surface area contributed by atoms with Crippen molar-refractivity contribution in [2.45, 2.75) is 32.9 Å². The van der Waals surface area contributed by atoms with Gasteiger partial charge in [-0.05, 0) is 36.9 Å². The largest absolute Gasteiger partial charge is 0.459 e. The molecule has 0 amide bonds. The summed E-state index contributed by atoms with van der Waals surface area (Å²) in [6, 6.07) is 7.52. The molecule has 0 bridgehead atoms. The molecule has 0 fully saturated rings. The van der Waals surface area contributed by atoms with Crippen LogP contribution < -0.4 is 4.90 Å². The summed E-state index contributed by atoms with van der Waals surface area (Å²) in [6.45, 7) is 5.69. The SMILES string of the molecule is CCC[NH+](Cc1nnc(-c2ccco2)o1)[C@H](C)c1nnc(-c2cccs2)o1. The van der Waals surface area contributed by atoms with Crippen molar-refractivity contribution >= 4 is 11.3 Å². The Morgan fingerprint density at radius 1 is 1.07 bits per heavy atom. The number of furan rings is 1. The second kappa shape index (κ2) is 7.85. The van der Waals surface area contributed by atoms with Crippen molar-refractivity contribution in [3.8, 4) is 22.4 Å². The first-order valence-corrected chi connectivity index (χ1v) is 9.70. The predicted molar refractivity (Wildman–Crippen MR) is 97.9 cm³/mol. The number of hydrogen-bond donors (Lipinski definition) is 1. The van der Waals surface area contributed by atoms with Crippen LogP contribution in [-0.4, -0.2) is 26.9 Å². The van der Waals surface area contributed by atoms with E-state index in [0.29, 0.717) is 35.9 Å². The molecule has 0 saturated carbocycles. The Labute approximate surface area is 159 Å². The third-order valence-corrected chi connectivity index (χ3v) is 5.16. The molecule has 1 unspecified atom stereocenters. The van der Waals surface area contributed by atoms with Crippen LogP contribution in [0.2, 0.25) is 0 Å². The normalized spacial score (nSPS) is 13.7. The quantitative estimate of drug-likeness (QED) is 0.497. The Morgan fingerprint density at radius 3 is 2.70 bits per heavy atom. The molecule has 4 aromatic rings. The van der Waals surface area contributed by atoms with Crippen molar-refractivity contribution in [3.63, 3.8) is 0 Å². The molecule has 1 N–H and O–H groups in total. The zero-order valence-electron chi connectivity index (χ0n) is 15.1. The summed E-state index contributed by atoms with van der Waals surface area (Å²) >= 11 is 1.58. The standard InChI is InChI=1S/C18H19N5O3S/c1-3-8-23(11-15-19-21-17(25-15)13-6-4-9-24-13)12(2)16-20-22-18(26-16)14-7-5-10-27-14/h4-7,9-10,12H,3,8,11H2,1-2H3/p+1/t12-/m1/s1. The number of quaternary nitrogens is 1. The van der Waals surface area contributed by atoms with Crippen LogP contribution in [0, 0.1) is 0 Å². The van der Waals surface area contributed by atoms with Gasteiger partial charge in [-0.25, -0.2) is 0 Å². The van der Waals surface area contributed by atoms with E-state index in [4.69, 9.17) is 13.3 Å². The lowest BCUT2D eigenvalue weighted by Gasteiger charge is -2.21. The zero-order valence-corrected chi connectivity index (χ0v) is 15.9. The fourth-order valence-corrected chi connectivity index (χ4v) is 3.53. The van der Waals surface area contributed by atoms with E-state index < -0.39 is 0 Å². The third-order valence-electron chi connectivity index (χ3n) is 4.30. The van der Waals surface area contributed by atoms with Gasteiger partial charge in [0.05, 0.1) is 17.7 Å². The number of aromatic nitrogens is 4. The Morgan fingerprint density at radius 2 is 1.96 bits per heavy atom. The molecule has 0 radical (unpaired) electrons. The van der Waals surface area contributed by atoms with Gasteiger partial charge >= 0.3 is 0 Å². The lowest BCUT2D eigenvalue weighted by atomic mass is 10.2. The second-order valence-electron chi connectivity index (χ2n) is 6.21. The topological polar surface area (TPSA) is 95.4 Å². The molecule has 0 aliphatic carbocycles. The van der Waals surface area contributed by atoms with Gasteiger partial charge in [-0.3, -0.25) is 0 Å². The van der Waals surface area contributed by atoms with E-state index in [0.717, 1.165) is 17.8 Å². The molecule has 2 atom stereocenters. The Hall–Kier alpha value is -2.78. The van der Waals surface area contributed by atoms with Crippen LogP contribution in [-0.2, 0) is 6.54 Å². The van der Waals surface area contributed by atoms with Crippen LogP contribution in [0.5, 0.6) is 0 Å². The lowest BCUT2D eigenvalue weighted by molar-refractivity contribution is -0.945. The van der Waals surface area contributed by atoms with E-state index in [9.17, 15) is 0 Å². The first kappa shape index (κ1) is 17.6. The van der Waals surface area contributed by atoms with E-state index in [-0.39, 0.29) is 6.04 Å². The van der Waals surface area contributed by atoms with Crippen molar-refractivity contribution in [2.24, 2.45) is 0 Å². The van der Waals surface area contributed by atoms with Crippen LogP contribution in [0.4, 0.5) is 0 Å². The van der Waals surface area contributed by atoms with Gasteiger partial charge in [0, 0.05) is 0 Å².